The molecule has 1 aliphatic carbocycles. The predicted molar refractivity (Wildman–Crippen MR) is 254 cm³/mol. The number of piperazine rings is 1. The molecule has 17 nitrogen and oxygen atoms in total. The van der Waals surface area contributed by atoms with E-state index in [1.807, 2.05) is 41.3 Å². The number of fused-ring (bicyclic) bond motifs is 2. The van der Waals surface area contributed by atoms with Crippen molar-refractivity contribution >= 4 is 80.1 Å². The van der Waals surface area contributed by atoms with Crippen molar-refractivity contribution in [1.29, 1.82) is 0 Å². The Kier molecular flexibility index (Phi) is 13.0. The number of aromatic amines is 1. The standard InChI is InChI=1S/C45H53ClN9O8PS/c1-45(2)15-13-32(37(28-45)30-5-7-33(46)8-6-30)29-52-18-20-53(21-19-52)34-9-11-36(39(26-34)54-22-23-63-44-41(54)25-31-14-16-48-42(31)49-44)43(56)50-65(61,62)35-10-12-38(40(27-35)55(57)58)47-17-24-64(59,60)51(3)4/h5-12,14,16,25-27,47H,13,15,17-24,28-29H2,1-4H3,(H,48,49)(H,50,56)(H,59,60). The van der Waals surface area contributed by atoms with Gasteiger partial charge in [-0.3, -0.25) is 24.4 Å². The van der Waals surface area contributed by atoms with Gasteiger partial charge >= 0.3 is 0 Å². The molecule has 0 bridgehead atoms. The number of pyridine rings is 1. The molecule has 1 amide bonds. The van der Waals surface area contributed by atoms with Crippen LogP contribution in [0.5, 0.6) is 5.88 Å². The maximum Gasteiger partial charge on any atom is 0.293 e. The maximum absolute atomic E-state index is 14.3. The van der Waals surface area contributed by atoms with E-state index in [4.69, 9.17) is 16.3 Å². The van der Waals surface area contributed by atoms with Crippen molar-refractivity contribution in [3.05, 3.63) is 111 Å². The number of halogens is 1. The molecule has 3 aliphatic rings. The summed E-state index contributed by atoms with van der Waals surface area (Å²) >= 11 is 6.26. The molecule has 0 spiro atoms. The minimum atomic E-state index is -4.65. The molecule has 1 atom stereocenters. The van der Waals surface area contributed by atoms with Gasteiger partial charge in [0.2, 0.25) is 5.88 Å². The molecule has 3 aromatic carbocycles. The van der Waals surface area contributed by atoms with Gasteiger partial charge in [-0.15, -0.1) is 0 Å². The molecule has 2 aliphatic heterocycles. The van der Waals surface area contributed by atoms with E-state index in [2.05, 4.69) is 55.8 Å². The Morgan fingerprint density at radius 3 is 2.51 bits per heavy atom. The molecule has 1 unspecified atom stereocenters. The third-order valence-corrected chi connectivity index (χ3v) is 16.1. The number of allylic oxidation sites excluding steroid dienone is 1. The third kappa shape index (κ3) is 10.2. The number of nitro groups is 1. The molecular weight excluding hydrogens is 893 g/mol. The van der Waals surface area contributed by atoms with Gasteiger partial charge in [0.1, 0.15) is 23.6 Å². The van der Waals surface area contributed by atoms with Crippen LogP contribution in [0.2, 0.25) is 5.02 Å². The van der Waals surface area contributed by atoms with Crippen LogP contribution in [0.1, 0.15) is 49.0 Å². The van der Waals surface area contributed by atoms with Gasteiger partial charge in [0, 0.05) is 67.6 Å². The maximum atomic E-state index is 14.3. The number of H-pyrrole nitrogens is 1. The lowest BCUT2D eigenvalue weighted by Crippen LogP contribution is -2.47. The minimum Gasteiger partial charge on any atom is -0.474 e. The van der Waals surface area contributed by atoms with Gasteiger partial charge in [-0.1, -0.05) is 43.2 Å². The molecule has 20 heteroatoms. The molecule has 2 aromatic heterocycles. The predicted octanol–water partition coefficient (Wildman–Crippen LogP) is 7.72. The topological polar surface area (TPSA) is 207 Å². The van der Waals surface area contributed by atoms with Gasteiger partial charge in [-0.25, -0.2) is 17.8 Å². The largest absolute Gasteiger partial charge is 0.474 e. The van der Waals surface area contributed by atoms with Crippen LogP contribution in [-0.4, -0.2) is 116 Å². The van der Waals surface area contributed by atoms with Crippen molar-refractivity contribution in [3.63, 3.8) is 0 Å². The van der Waals surface area contributed by atoms with Crippen molar-refractivity contribution in [3.8, 4) is 5.88 Å². The fourth-order valence-electron chi connectivity index (χ4n) is 8.64. The zero-order chi connectivity index (χ0) is 46.3. The van der Waals surface area contributed by atoms with Crippen molar-refractivity contribution in [2.45, 2.75) is 38.0 Å². The Morgan fingerprint density at radius 2 is 1.78 bits per heavy atom. The summed E-state index contributed by atoms with van der Waals surface area (Å²) in [5, 5.41) is 16.4. The number of anilines is 4. The highest BCUT2D eigenvalue weighted by Gasteiger charge is 2.32. The van der Waals surface area contributed by atoms with Gasteiger partial charge < -0.3 is 29.7 Å². The second-order valence-electron chi connectivity index (χ2n) is 17.7. The number of aromatic nitrogens is 2. The van der Waals surface area contributed by atoms with Crippen LogP contribution in [0, 0.1) is 15.5 Å². The van der Waals surface area contributed by atoms with E-state index in [1.54, 1.807) is 12.3 Å². The van der Waals surface area contributed by atoms with Gasteiger partial charge in [0.15, 0.2) is 0 Å². The van der Waals surface area contributed by atoms with E-state index in [1.165, 1.54) is 41.5 Å². The lowest BCUT2D eigenvalue weighted by Gasteiger charge is -2.39. The van der Waals surface area contributed by atoms with Gasteiger partial charge in [-0.05, 0) is 105 Å². The minimum absolute atomic E-state index is 0.0494. The molecule has 5 aromatic rings. The molecule has 1 fully saturated rings. The van der Waals surface area contributed by atoms with Crippen LogP contribution >= 0.6 is 19.1 Å². The second-order valence-corrected chi connectivity index (χ2v) is 22.4. The van der Waals surface area contributed by atoms with Gasteiger partial charge in [0.25, 0.3) is 29.1 Å². The first-order valence-corrected chi connectivity index (χ1v) is 25.1. The molecule has 0 saturated carbocycles. The monoisotopic (exact) mass is 945 g/mol. The molecule has 344 valence electrons. The first kappa shape index (κ1) is 46.1. The number of benzene rings is 3. The highest BCUT2D eigenvalue weighted by Crippen LogP contribution is 2.45. The summed E-state index contributed by atoms with van der Waals surface area (Å²) in [6, 6.07) is 20.4. The Balaban J connectivity index is 1.05. The summed E-state index contributed by atoms with van der Waals surface area (Å²) in [7, 11) is -5.42. The molecule has 65 heavy (non-hydrogen) atoms. The molecular formula is C45H53ClN9O8PS. The van der Waals surface area contributed by atoms with Crippen molar-refractivity contribution in [2.75, 3.05) is 87.8 Å². The molecule has 0 radical (unpaired) electrons. The average molecular weight is 946 g/mol. The highest BCUT2D eigenvalue weighted by molar-refractivity contribution is 7.90. The van der Waals surface area contributed by atoms with E-state index >= 15 is 0 Å². The summed E-state index contributed by atoms with van der Waals surface area (Å²) in [6.45, 7) is 9.07. The second kappa shape index (κ2) is 18.4. The summed E-state index contributed by atoms with van der Waals surface area (Å²) in [4.78, 5) is 49.6. The van der Waals surface area contributed by atoms with Crippen LogP contribution < -0.4 is 24.6 Å². The summed E-state index contributed by atoms with van der Waals surface area (Å²) < 4.78 is 49.3. The fourth-order valence-corrected chi connectivity index (χ4v) is 10.6. The number of rotatable bonds is 14. The molecule has 4 heterocycles. The normalized spacial score (nSPS) is 17.7. The van der Waals surface area contributed by atoms with E-state index in [9.17, 15) is 32.8 Å². The van der Waals surface area contributed by atoms with E-state index in [-0.39, 0.29) is 36.0 Å². The zero-order valence-corrected chi connectivity index (χ0v) is 39.2. The number of carbonyl (C=O) groups is 1. The smallest absolute Gasteiger partial charge is 0.293 e. The van der Waals surface area contributed by atoms with Crippen molar-refractivity contribution < 1.29 is 32.3 Å². The van der Waals surface area contributed by atoms with Crippen LogP contribution in [0.4, 0.5) is 28.4 Å². The number of hydrogen-bond donors (Lipinski definition) is 4. The number of nitro benzene ring substituents is 1. The Bertz CT molecular complexity index is 2830. The van der Waals surface area contributed by atoms with Gasteiger partial charge in [-0.2, -0.15) is 4.98 Å². The third-order valence-electron chi connectivity index (χ3n) is 12.4. The molecule has 1 saturated heterocycles. The first-order chi connectivity index (χ1) is 30.9. The highest BCUT2D eigenvalue weighted by atomic mass is 35.5. The lowest BCUT2D eigenvalue weighted by atomic mass is 9.72. The number of hydrogen-bond acceptors (Lipinski definition) is 12. The van der Waals surface area contributed by atoms with Gasteiger partial charge in [0.05, 0.1) is 33.8 Å². The van der Waals surface area contributed by atoms with E-state index in [0.717, 1.165) is 80.2 Å². The lowest BCUT2D eigenvalue weighted by molar-refractivity contribution is -0.384. The Hall–Kier alpha value is -5.49. The number of carbonyl (C=O) groups excluding carboxylic acids is 1. The van der Waals surface area contributed by atoms with E-state index < -0.39 is 39.0 Å². The number of nitrogens with zero attached hydrogens (tertiary/aromatic N) is 6. The number of ether oxygens (including phenoxy) is 1. The van der Waals surface area contributed by atoms with Crippen molar-refractivity contribution in [1.82, 2.24) is 24.3 Å². The Labute approximate surface area is 383 Å². The molecule has 8 rings (SSSR count). The average Bonchev–Trinajstić information content (AvgIpc) is 3.73. The quantitative estimate of drug-likeness (QED) is 0.0478. The van der Waals surface area contributed by atoms with Crippen LogP contribution in [0.25, 0.3) is 16.6 Å². The van der Waals surface area contributed by atoms with Crippen molar-refractivity contribution in [2.24, 2.45) is 5.41 Å². The SMILES string of the molecule is CN(C)P(=O)(O)CCNc1ccc(S(=O)(=O)NC(=O)c2ccc(N3CCN(CC4=C(c5ccc(Cl)cc5)CC(C)(C)CC4)CC3)cc2N2CCOc3nc4[nH]ccc4cc32)cc1[N+](=O)[O-]. The molecule has 4 N–H and O–H groups in total. The number of amides is 1. The first-order valence-electron chi connectivity index (χ1n) is 21.4. The number of sulfonamides is 1. The zero-order valence-electron chi connectivity index (χ0n) is 36.7. The van der Waals surface area contributed by atoms with Crippen LogP contribution in [-0.2, 0) is 14.6 Å². The summed E-state index contributed by atoms with van der Waals surface area (Å²) in [5.41, 5.74) is 6.23. The Morgan fingerprint density at radius 1 is 1.03 bits per heavy atom. The van der Waals surface area contributed by atoms with E-state index in [0.29, 0.717) is 29.4 Å². The fraction of sp³-hybridized carbons (Fsp3) is 0.378. The summed E-state index contributed by atoms with van der Waals surface area (Å²) in [5.74, 6) is -0.583. The van der Waals surface area contributed by atoms with Crippen LogP contribution in [0.15, 0.2) is 89.5 Å². The number of nitrogens with one attached hydrogen (secondary N) is 3. The van der Waals surface area contributed by atoms with Crippen LogP contribution in [0.3, 0.4) is 0 Å². The summed E-state index contributed by atoms with van der Waals surface area (Å²) in [6.07, 6.45) is 4.72.